The molecule has 1 aromatic carbocycles. The van der Waals surface area contributed by atoms with Crippen LogP contribution in [0.4, 0.5) is 20.5 Å². The summed E-state index contributed by atoms with van der Waals surface area (Å²) in [4.78, 5) is 24.9. The average molecular weight is 438 g/mol. The monoisotopic (exact) mass is 438 g/mol. The van der Waals surface area contributed by atoms with Gasteiger partial charge in [-0.05, 0) is 37.6 Å². The van der Waals surface area contributed by atoms with E-state index in [9.17, 15) is 13.6 Å². The first-order chi connectivity index (χ1) is 15.4. The molecule has 1 aliphatic heterocycles. The molecule has 32 heavy (non-hydrogen) atoms. The number of pyridine rings is 1. The lowest BCUT2D eigenvalue weighted by Gasteiger charge is -2.17. The van der Waals surface area contributed by atoms with Gasteiger partial charge in [0.1, 0.15) is 11.5 Å². The number of nitrogens with zero attached hydrogens (tertiary/aromatic N) is 4. The van der Waals surface area contributed by atoms with Gasteiger partial charge in [-0.1, -0.05) is 6.07 Å². The highest BCUT2D eigenvalue weighted by molar-refractivity contribution is 5.81. The zero-order chi connectivity index (χ0) is 22.4. The molecule has 1 aliphatic rings. The molecule has 0 spiro atoms. The van der Waals surface area contributed by atoms with Gasteiger partial charge in [0.05, 0.1) is 11.7 Å². The smallest absolute Gasteiger partial charge is 0.405 e. The number of benzene rings is 1. The minimum Gasteiger partial charge on any atom is -0.405 e. The number of halogens is 2. The quantitative estimate of drug-likeness (QED) is 0.501. The number of rotatable bonds is 4. The summed E-state index contributed by atoms with van der Waals surface area (Å²) < 4.78 is 35.7. The summed E-state index contributed by atoms with van der Waals surface area (Å²) >= 11 is 0. The molecule has 0 atom stereocenters. The topological polar surface area (TPSA) is 97.9 Å². The van der Waals surface area contributed by atoms with Crippen LogP contribution in [0.3, 0.4) is 0 Å². The predicted octanol–water partition coefficient (Wildman–Crippen LogP) is 3.69. The van der Waals surface area contributed by atoms with Gasteiger partial charge in [-0.25, -0.2) is 28.5 Å². The lowest BCUT2D eigenvalue weighted by molar-refractivity contribution is 0.468. The molecule has 164 valence electrons. The fraction of sp³-hybridized carbons (Fsp3) is 0.273. The van der Waals surface area contributed by atoms with Gasteiger partial charge in [-0.2, -0.15) is 0 Å². The van der Waals surface area contributed by atoms with Crippen LogP contribution in [0.2, 0.25) is 0 Å². The summed E-state index contributed by atoms with van der Waals surface area (Å²) in [5.74, 6) is -1.51. The van der Waals surface area contributed by atoms with Gasteiger partial charge in [0.15, 0.2) is 17.2 Å². The van der Waals surface area contributed by atoms with Crippen LogP contribution in [-0.4, -0.2) is 26.1 Å². The molecule has 0 saturated heterocycles. The molecular formula is C22H20F2N6O2. The van der Waals surface area contributed by atoms with Gasteiger partial charge in [-0.3, -0.25) is 4.57 Å². The fourth-order valence-electron chi connectivity index (χ4n) is 3.87. The van der Waals surface area contributed by atoms with E-state index in [1.165, 1.54) is 10.6 Å². The first kappa shape index (κ1) is 20.3. The Labute approximate surface area is 181 Å². The Hall–Kier alpha value is -3.66. The van der Waals surface area contributed by atoms with Crippen LogP contribution in [0.5, 0.6) is 0 Å². The highest BCUT2D eigenvalue weighted by Gasteiger charge is 2.20. The Kier molecular flexibility index (Phi) is 4.93. The van der Waals surface area contributed by atoms with Crippen molar-refractivity contribution in [3.63, 3.8) is 0 Å². The summed E-state index contributed by atoms with van der Waals surface area (Å²) in [6.45, 7) is 5.17. The van der Waals surface area contributed by atoms with Crippen molar-refractivity contribution in [3.8, 4) is 11.3 Å². The van der Waals surface area contributed by atoms with Gasteiger partial charge in [0.25, 0.3) is 0 Å². The third-order valence-corrected chi connectivity index (χ3v) is 5.37. The molecule has 8 nitrogen and oxygen atoms in total. The summed E-state index contributed by atoms with van der Waals surface area (Å²) in [6, 6.07) is 6.08. The van der Waals surface area contributed by atoms with E-state index in [4.69, 9.17) is 4.42 Å². The average Bonchev–Trinajstić information content (AvgIpc) is 3.11. The molecule has 10 heteroatoms. The van der Waals surface area contributed by atoms with E-state index < -0.39 is 17.4 Å². The molecule has 0 bridgehead atoms. The predicted molar refractivity (Wildman–Crippen MR) is 115 cm³/mol. The maximum Gasteiger partial charge on any atom is 0.420 e. The van der Waals surface area contributed by atoms with Crippen LogP contribution >= 0.6 is 0 Å². The number of hydrogen-bond acceptors (Lipinski definition) is 7. The number of anilines is 2. The van der Waals surface area contributed by atoms with Gasteiger partial charge >= 0.3 is 5.76 Å². The zero-order valence-corrected chi connectivity index (χ0v) is 17.4. The molecule has 0 aliphatic carbocycles. The molecule has 5 rings (SSSR count). The van der Waals surface area contributed by atoms with Crippen LogP contribution in [-0.2, 0) is 13.0 Å². The summed E-state index contributed by atoms with van der Waals surface area (Å²) in [5, 5.41) is 6.28. The lowest BCUT2D eigenvalue weighted by atomic mass is 10.1. The number of aromatic nitrogens is 4. The first-order valence-electron chi connectivity index (χ1n) is 10.2. The lowest BCUT2D eigenvalue weighted by Crippen LogP contribution is -2.24. The van der Waals surface area contributed by atoms with Crippen molar-refractivity contribution < 1.29 is 13.2 Å². The SMILES string of the molecule is CC(C)n1c(=O)oc2c(F)cc(-c3nc(Nc4ccc5c(n4)CCNC5)ncc3F)cc21. The van der Waals surface area contributed by atoms with Crippen molar-refractivity contribution in [2.24, 2.45) is 0 Å². The summed E-state index contributed by atoms with van der Waals surface area (Å²) in [7, 11) is 0. The van der Waals surface area contributed by atoms with Gasteiger partial charge in [-0.15, -0.1) is 0 Å². The summed E-state index contributed by atoms with van der Waals surface area (Å²) in [6.07, 6.45) is 1.82. The van der Waals surface area contributed by atoms with Crippen LogP contribution in [0.25, 0.3) is 22.4 Å². The van der Waals surface area contributed by atoms with E-state index in [-0.39, 0.29) is 34.3 Å². The molecule has 0 radical (unpaired) electrons. The molecule has 4 heterocycles. The maximum atomic E-state index is 14.7. The van der Waals surface area contributed by atoms with Crippen LogP contribution in [0.15, 0.2) is 39.7 Å². The normalized spacial score (nSPS) is 13.5. The summed E-state index contributed by atoms with van der Waals surface area (Å²) in [5.41, 5.74) is 2.23. The second-order valence-corrected chi connectivity index (χ2v) is 7.88. The molecule has 0 fully saturated rings. The Morgan fingerprint density at radius 3 is 2.84 bits per heavy atom. The number of nitrogens with one attached hydrogen (secondary N) is 2. The van der Waals surface area contributed by atoms with Crippen molar-refractivity contribution in [2.75, 3.05) is 11.9 Å². The molecule has 0 amide bonds. The Balaban J connectivity index is 1.55. The standard InChI is InChI=1S/C22H20F2N6O2/c1-11(2)30-17-8-13(7-14(23)20(17)32-22(30)31)19-15(24)10-26-21(29-19)28-18-4-3-12-9-25-6-5-16(12)27-18/h3-4,7-8,10-11,25H,5-6,9H2,1-2H3,(H,26,27,28,29). The third-order valence-electron chi connectivity index (χ3n) is 5.37. The van der Waals surface area contributed by atoms with Gasteiger partial charge in [0, 0.05) is 36.8 Å². The second-order valence-electron chi connectivity index (χ2n) is 7.88. The van der Waals surface area contributed by atoms with Crippen molar-refractivity contribution in [3.05, 3.63) is 63.9 Å². The Bertz CT molecular complexity index is 1400. The van der Waals surface area contributed by atoms with E-state index in [1.54, 1.807) is 19.9 Å². The molecule has 0 unspecified atom stereocenters. The maximum absolute atomic E-state index is 14.7. The van der Waals surface area contributed by atoms with Crippen molar-refractivity contribution in [1.82, 2.24) is 24.8 Å². The van der Waals surface area contributed by atoms with E-state index in [1.807, 2.05) is 6.07 Å². The highest BCUT2D eigenvalue weighted by Crippen LogP contribution is 2.29. The van der Waals surface area contributed by atoms with Crippen molar-refractivity contribution >= 4 is 22.9 Å². The van der Waals surface area contributed by atoms with Crippen molar-refractivity contribution in [1.29, 1.82) is 0 Å². The largest absolute Gasteiger partial charge is 0.420 e. The molecule has 2 N–H and O–H groups in total. The molecule has 3 aromatic heterocycles. The van der Waals surface area contributed by atoms with Crippen molar-refractivity contribution in [2.45, 2.75) is 32.9 Å². The zero-order valence-electron chi connectivity index (χ0n) is 17.4. The van der Waals surface area contributed by atoms with Crippen LogP contribution in [0, 0.1) is 11.6 Å². The number of fused-ring (bicyclic) bond motifs is 2. The second kappa shape index (κ2) is 7.79. The van der Waals surface area contributed by atoms with E-state index >= 15 is 0 Å². The molecule has 0 saturated carbocycles. The minimum absolute atomic E-state index is 0.102. The van der Waals surface area contributed by atoms with Crippen LogP contribution < -0.4 is 16.4 Å². The number of oxazole rings is 1. The Morgan fingerprint density at radius 2 is 2.03 bits per heavy atom. The van der Waals surface area contributed by atoms with Gasteiger partial charge in [0.2, 0.25) is 5.95 Å². The van der Waals surface area contributed by atoms with E-state index in [2.05, 4.69) is 25.6 Å². The Morgan fingerprint density at radius 1 is 1.19 bits per heavy atom. The third kappa shape index (κ3) is 3.52. The molecule has 4 aromatic rings. The molecular weight excluding hydrogens is 418 g/mol. The van der Waals surface area contributed by atoms with Gasteiger partial charge < -0.3 is 15.1 Å². The number of hydrogen-bond donors (Lipinski definition) is 2. The van der Waals surface area contributed by atoms with E-state index in [0.717, 1.165) is 43.0 Å². The minimum atomic E-state index is -0.772. The van der Waals surface area contributed by atoms with Crippen LogP contribution in [0.1, 0.15) is 31.1 Å². The highest BCUT2D eigenvalue weighted by atomic mass is 19.1. The van der Waals surface area contributed by atoms with E-state index in [0.29, 0.717) is 5.82 Å². The first-order valence-corrected chi connectivity index (χ1v) is 10.2. The fourth-order valence-corrected chi connectivity index (χ4v) is 3.87.